The molecule has 1 aromatic heterocycles. The maximum Gasteiger partial charge on any atom is 0.322 e. The number of aromatic nitrogens is 2. The van der Waals surface area contributed by atoms with Gasteiger partial charge in [-0.25, -0.2) is 4.79 Å². The fourth-order valence-electron chi connectivity index (χ4n) is 2.76. The van der Waals surface area contributed by atoms with Crippen molar-refractivity contribution >= 4 is 17.8 Å². The van der Waals surface area contributed by atoms with E-state index < -0.39 is 12.1 Å². The van der Waals surface area contributed by atoms with Gasteiger partial charge in [-0.2, -0.15) is 5.10 Å². The molecule has 1 saturated heterocycles. The molecule has 0 radical (unpaired) electrons. The average Bonchev–Trinajstić information content (AvgIpc) is 2.97. The van der Waals surface area contributed by atoms with Crippen LogP contribution in [0, 0.1) is 13.8 Å². The minimum absolute atomic E-state index is 0.128. The minimum Gasteiger partial charge on any atom is -0.356 e. The second-order valence-electron chi connectivity index (χ2n) is 5.62. The number of amides is 4. The van der Waals surface area contributed by atoms with Crippen molar-refractivity contribution in [1.29, 1.82) is 0 Å². The topological polar surface area (TPSA) is 105 Å². The smallest absolute Gasteiger partial charge is 0.322 e. The number of hydrogen-bond donors (Lipinski definition) is 3. The van der Waals surface area contributed by atoms with Crippen molar-refractivity contribution in [3.63, 3.8) is 0 Å². The van der Waals surface area contributed by atoms with Crippen LogP contribution in [-0.4, -0.2) is 40.2 Å². The van der Waals surface area contributed by atoms with Crippen molar-refractivity contribution in [3.8, 4) is 0 Å². The van der Waals surface area contributed by atoms with Crippen molar-refractivity contribution in [1.82, 2.24) is 25.7 Å². The Hall–Kier alpha value is -2.38. The molecule has 2 rings (SSSR count). The van der Waals surface area contributed by atoms with Crippen LogP contribution in [0.4, 0.5) is 4.79 Å². The van der Waals surface area contributed by atoms with Gasteiger partial charge in [0.2, 0.25) is 5.91 Å². The number of urea groups is 1. The molecule has 1 fully saturated rings. The SMILES string of the molecule is CCn1nc(C)c(CCNC(=O)CC[C@H]2NC(=O)NC2=O)c1C. The monoisotopic (exact) mass is 321 g/mol. The van der Waals surface area contributed by atoms with E-state index >= 15 is 0 Å². The number of nitrogens with one attached hydrogen (secondary N) is 3. The van der Waals surface area contributed by atoms with Gasteiger partial charge in [-0.3, -0.25) is 19.6 Å². The Morgan fingerprint density at radius 3 is 2.65 bits per heavy atom. The molecule has 8 heteroatoms. The Morgan fingerprint density at radius 2 is 2.09 bits per heavy atom. The van der Waals surface area contributed by atoms with Crippen LogP contribution in [0.15, 0.2) is 0 Å². The largest absolute Gasteiger partial charge is 0.356 e. The number of hydrogen-bond acceptors (Lipinski definition) is 4. The predicted octanol–water partition coefficient (Wildman–Crippen LogP) is 0.167. The van der Waals surface area contributed by atoms with Crippen LogP contribution in [0.1, 0.15) is 36.7 Å². The second kappa shape index (κ2) is 7.26. The molecule has 1 aromatic rings. The standard InChI is InChI=1S/C15H23N5O3/c1-4-20-10(3)11(9(2)19-20)7-8-16-13(21)6-5-12-14(22)18-15(23)17-12/h12H,4-8H2,1-3H3,(H,16,21)(H2,17,18,22,23)/t12-/m1/s1. The minimum atomic E-state index is -0.611. The zero-order valence-electron chi connectivity index (χ0n) is 13.7. The van der Waals surface area contributed by atoms with Gasteiger partial charge < -0.3 is 10.6 Å². The quantitative estimate of drug-likeness (QED) is 0.622. The van der Waals surface area contributed by atoms with E-state index in [4.69, 9.17) is 0 Å². The van der Waals surface area contributed by atoms with Crippen molar-refractivity contribution in [3.05, 3.63) is 17.0 Å². The molecule has 1 aliphatic heterocycles. The lowest BCUT2D eigenvalue weighted by Gasteiger charge is -2.08. The third-order valence-electron chi connectivity index (χ3n) is 4.05. The van der Waals surface area contributed by atoms with Crippen LogP contribution in [0.2, 0.25) is 0 Å². The molecule has 3 N–H and O–H groups in total. The van der Waals surface area contributed by atoms with Crippen molar-refractivity contribution in [2.75, 3.05) is 6.54 Å². The van der Waals surface area contributed by atoms with Crippen molar-refractivity contribution in [2.24, 2.45) is 0 Å². The van der Waals surface area contributed by atoms with Crippen molar-refractivity contribution < 1.29 is 14.4 Å². The highest BCUT2D eigenvalue weighted by Crippen LogP contribution is 2.13. The van der Waals surface area contributed by atoms with Crippen LogP contribution in [0.25, 0.3) is 0 Å². The number of carbonyl (C=O) groups is 3. The maximum absolute atomic E-state index is 11.8. The summed E-state index contributed by atoms with van der Waals surface area (Å²) in [6.07, 6.45) is 1.23. The number of nitrogens with zero attached hydrogens (tertiary/aromatic N) is 2. The van der Waals surface area contributed by atoms with E-state index in [1.165, 1.54) is 0 Å². The first-order valence-corrected chi connectivity index (χ1v) is 7.83. The molecule has 0 unspecified atom stereocenters. The molecular formula is C15H23N5O3. The fraction of sp³-hybridized carbons (Fsp3) is 0.600. The number of aryl methyl sites for hydroxylation is 2. The van der Waals surface area contributed by atoms with Gasteiger partial charge in [-0.15, -0.1) is 0 Å². The lowest BCUT2D eigenvalue weighted by atomic mass is 10.1. The van der Waals surface area contributed by atoms with Crippen LogP contribution in [0.5, 0.6) is 0 Å². The molecule has 2 heterocycles. The molecule has 0 aliphatic carbocycles. The van der Waals surface area contributed by atoms with E-state index in [2.05, 4.69) is 21.0 Å². The van der Waals surface area contributed by atoms with Gasteiger partial charge in [0.05, 0.1) is 5.69 Å². The van der Waals surface area contributed by atoms with Gasteiger partial charge in [-0.05, 0) is 39.2 Å². The van der Waals surface area contributed by atoms with Gasteiger partial charge in [0.15, 0.2) is 0 Å². The van der Waals surface area contributed by atoms with E-state index in [-0.39, 0.29) is 18.2 Å². The zero-order chi connectivity index (χ0) is 17.0. The van der Waals surface area contributed by atoms with Gasteiger partial charge in [0, 0.05) is 25.2 Å². The van der Waals surface area contributed by atoms with E-state index in [1.54, 1.807) is 0 Å². The number of rotatable bonds is 7. The molecule has 1 atom stereocenters. The summed E-state index contributed by atoms with van der Waals surface area (Å²) >= 11 is 0. The third-order valence-corrected chi connectivity index (χ3v) is 4.05. The van der Waals surface area contributed by atoms with Gasteiger partial charge >= 0.3 is 6.03 Å². The van der Waals surface area contributed by atoms with Gasteiger partial charge in [0.25, 0.3) is 5.91 Å². The Labute approximate surface area is 135 Å². The summed E-state index contributed by atoms with van der Waals surface area (Å²) in [7, 11) is 0. The highest BCUT2D eigenvalue weighted by molar-refractivity contribution is 6.04. The predicted molar refractivity (Wildman–Crippen MR) is 83.8 cm³/mol. The summed E-state index contributed by atoms with van der Waals surface area (Å²) in [5.74, 6) is -0.502. The molecule has 8 nitrogen and oxygen atoms in total. The maximum atomic E-state index is 11.8. The first kappa shape index (κ1) is 17.0. The number of carbonyl (C=O) groups excluding carboxylic acids is 3. The highest BCUT2D eigenvalue weighted by Gasteiger charge is 2.29. The van der Waals surface area contributed by atoms with E-state index in [1.807, 2.05) is 25.5 Å². The van der Waals surface area contributed by atoms with Gasteiger partial charge in [0.1, 0.15) is 6.04 Å². The summed E-state index contributed by atoms with van der Waals surface area (Å²) in [4.78, 5) is 34.2. The first-order valence-electron chi connectivity index (χ1n) is 7.83. The summed E-state index contributed by atoms with van der Waals surface area (Å²) in [5.41, 5.74) is 3.28. The molecule has 126 valence electrons. The fourth-order valence-corrected chi connectivity index (χ4v) is 2.76. The molecule has 0 spiro atoms. The van der Waals surface area contributed by atoms with Crippen LogP contribution in [0.3, 0.4) is 0 Å². The van der Waals surface area contributed by atoms with Crippen LogP contribution < -0.4 is 16.0 Å². The Kier molecular flexibility index (Phi) is 5.36. The van der Waals surface area contributed by atoms with Crippen LogP contribution >= 0.6 is 0 Å². The molecule has 0 saturated carbocycles. The second-order valence-corrected chi connectivity index (χ2v) is 5.62. The summed E-state index contributed by atoms with van der Waals surface area (Å²) in [5, 5.41) is 11.9. The Bertz CT molecular complexity index is 623. The molecule has 23 heavy (non-hydrogen) atoms. The molecule has 1 aliphatic rings. The van der Waals surface area contributed by atoms with E-state index in [9.17, 15) is 14.4 Å². The molecular weight excluding hydrogens is 298 g/mol. The number of imide groups is 1. The summed E-state index contributed by atoms with van der Waals surface area (Å²) < 4.78 is 1.95. The average molecular weight is 321 g/mol. The zero-order valence-corrected chi connectivity index (χ0v) is 13.7. The lowest BCUT2D eigenvalue weighted by Crippen LogP contribution is -2.32. The van der Waals surface area contributed by atoms with E-state index in [0.29, 0.717) is 13.0 Å². The summed E-state index contributed by atoms with van der Waals surface area (Å²) in [6, 6.07) is -1.11. The Morgan fingerprint density at radius 1 is 1.35 bits per heavy atom. The lowest BCUT2D eigenvalue weighted by molar-refractivity contribution is -0.122. The molecule has 0 aromatic carbocycles. The normalized spacial score (nSPS) is 17.1. The highest BCUT2D eigenvalue weighted by atomic mass is 16.2. The van der Waals surface area contributed by atoms with Crippen molar-refractivity contribution in [2.45, 2.75) is 52.6 Å². The van der Waals surface area contributed by atoms with Gasteiger partial charge in [-0.1, -0.05) is 0 Å². The molecule has 4 amide bonds. The molecule has 0 bridgehead atoms. The van der Waals surface area contributed by atoms with Crippen LogP contribution in [-0.2, 0) is 22.6 Å². The first-order chi connectivity index (χ1) is 10.9. The Balaban J connectivity index is 1.74. The summed E-state index contributed by atoms with van der Waals surface area (Å²) in [6.45, 7) is 7.40. The van der Waals surface area contributed by atoms with E-state index in [0.717, 1.165) is 29.9 Å². The third kappa shape index (κ3) is 4.08.